The molecule has 0 amide bonds. The lowest BCUT2D eigenvalue weighted by Crippen LogP contribution is -1.88. The minimum absolute atomic E-state index is 0.504. The first-order valence-electron chi connectivity index (χ1n) is 4.82. The zero-order valence-corrected chi connectivity index (χ0v) is 8.60. The van der Waals surface area contributed by atoms with E-state index in [9.17, 15) is 4.39 Å². The van der Waals surface area contributed by atoms with Crippen molar-refractivity contribution in [2.24, 2.45) is 0 Å². The number of hydrogen-bond donors (Lipinski definition) is 0. The predicted octanol–water partition coefficient (Wildman–Crippen LogP) is 3.29. The minimum atomic E-state index is -0.504. The molecule has 2 nitrogen and oxygen atoms in total. The van der Waals surface area contributed by atoms with E-state index in [1.807, 2.05) is 30.3 Å². The Morgan fingerprint density at radius 1 is 1.12 bits per heavy atom. The summed E-state index contributed by atoms with van der Waals surface area (Å²) in [5, 5.41) is 0. The Hall–Kier alpha value is -2.03. The van der Waals surface area contributed by atoms with Gasteiger partial charge in [-0.2, -0.15) is 0 Å². The van der Waals surface area contributed by atoms with E-state index in [0.29, 0.717) is 11.4 Å². The van der Waals surface area contributed by atoms with Crippen molar-refractivity contribution in [1.82, 2.24) is 9.97 Å². The Kier molecular flexibility index (Phi) is 3.05. The van der Waals surface area contributed by atoms with E-state index in [-0.39, 0.29) is 0 Å². The lowest BCUT2D eigenvalue weighted by atomic mass is 10.2. The van der Waals surface area contributed by atoms with Gasteiger partial charge in [0.2, 0.25) is 0 Å². The molecule has 79 valence electrons. The molecular weight excluding hydrogens is 203 g/mol. The lowest BCUT2D eigenvalue weighted by molar-refractivity contribution is 0.673. The van der Waals surface area contributed by atoms with Gasteiger partial charge in [-0.05, 0) is 6.08 Å². The maximum absolute atomic E-state index is 12.5. The summed E-state index contributed by atoms with van der Waals surface area (Å²) in [7, 11) is 0. The fourth-order valence-electron chi connectivity index (χ4n) is 1.33. The molecule has 16 heavy (non-hydrogen) atoms. The van der Waals surface area contributed by atoms with Crippen molar-refractivity contribution in [3.05, 3.63) is 61.0 Å². The first-order chi connectivity index (χ1) is 7.75. The minimum Gasteiger partial charge on any atom is -0.236 e. The van der Waals surface area contributed by atoms with Gasteiger partial charge in [0.25, 0.3) is 0 Å². The SMILES string of the molecule is [CH2]/C(F)=C\c1cnc(-c2ccccc2)nc1. The quantitative estimate of drug-likeness (QED) is 0.765. The van der Waals surface area contributed by atoms with Crippen LogP contribution in [-0.2, 0) is 0 Å². The molecule has 2 aromatic rings. The molecule has 2 rings (SSSR count). The summed E-state index contributed by atoms with van der Waals surface area (Å²) in [6.45, 7) is 3.15. The fraction of sp³-hybridized carbons (Fsp3) is 0. The largest absolute Gasteiger partial charge is 0.236 e. The maximum Gasteiger partial charge on any atom is 0.159 e. The van der Waals surface area contributed by atoms with Crippen LogP contribution in [0.1, 0.15) is 5.56 Å². The zero-order chi connectivity index (χ0) is 11.4. The van der Waals surface area contributed by atoms with Gasteiger partial charge in [0.1, 0.15) is 5.83 Å². The highest BCUT2D eigenvalue weighted by molar-refractivity contribution is 5.56. The van der Waals surface area contributed by atoms with Crippen LogP contribution in [0.15, 0.2) is 48.6 Å². The van der Waals surface area contributed by atoms with Crippen LogP contribution in [0.25, 0.3) is 17.5 Å². The van der Waals surface area contributed by atoms with Crippen LogP contribution in [0.3, 0.4) is 0 Å². The fourth-order valence-corrected chi connectivity index (χ4v) is 1.33. The van der Waals surface area contributed by atoms with Crippen molar-refractivity contribution in [3.8, 4) is 11.4 Å². The highest BCUT2D eigenvalue weighted by Crippen LogP contribution is 2.14. The highest BCUT2D eigenvalue weighted by atomic mass is 19.1. The van der Waals surface area contributed by atoms with Gasteiger partial charge in [0.15, 0.2) is 5.82 Å². The molecule has 0 aliphatic rings. The van der Waals surface area contributed by atoms with E-state index in [1.165, 1.54) is 6.08 Å². The summed E-state index contributed by atoms with van der Waals surface area (Å²) in [6, 6.07) is 9.61. The van der Waals surface area contributed by atoms with Crippen LogP contribution in [0.4, 0.5) is 4.39 Å². The monoisotopic (exact) mass is 213 g/mol. The summed E-state index contributed by atoms with van der Waals surface area (Å²) in [5.41, 5.74) is 1.54. The van der Waals surface area contributed by atoms with E-state index >= 15 is 0 Å². The first kappa shape index (κ1) is 10.5. The van der Waals surface area contributed by atoms with Gasteiger partial charge in [0, 0.05) is 30.4 Å². The Bertz CT molecular complexity index is 485. The molecule has 3 heteroatoms. The molecule has 1 heterocycles. The van der Waals surface area contributed by atoms with E-state index in [4.69, 9.17) is 0 Å². The normalized spacial score (nSPS) is 11.5. The second-order valence-electron chi connectivity index (χ2n) is 3.30. The number of hydrogen-bond acceptors (Lipinski definition) is 2. The molecule has 0 fully saturated rings. The molecule has 1 radical (unpaired) electrons. The molecule has 0 spiro atoms. The Morgan fingerprint density at radius 2 is 1.75 bits per heavy atom. The molecule has 1 aromatic heterocycles. The second kappa shape index (κ2) is 4.66. The van der Waals surface area contributed by atoms with Crippen LogP contribution in [0, 0.1) is 6.92 Å². The molecule has 0 aliphatic carbocycles. The van der Waals surface area contributed by atoms with Gasteiger partial charge in [-0.25, -0.2) is 14.4 Å². The predicted molar refractivity (Wildman–Crippen MR) is 61.9 cm³/mol. The maximum atomic E-state index is 12.5. The number of rotatable bonds is 2. The lowest BCUT2D eigenvalue weighted by Gasteiger charge is -1.99. The van der Waals surface area contributed by atoms with Gasteiger partial charge < -0.3 is 0 Å². The third-order valence-corrected chi connectivity index (χ3v) is 2.03. The Morgan fingerprint density at radius 3 is 2.31 bits per heavy atom. The molecule has 0 atom stereocenters. The number of allylic oxidation sites excluding steroid dienone is 1. The molecule has 1 aromatic carbocycles. The summed E-state index contributed by atoms with van der Waals surface area (Å²) in [6.07, 6.45) is 4.43. The van der Waals surface area contributed by atoms with Crippen LogP contribution < -0.4 is 0 Å². The zero-order valence-electron chi connectivity index (χ0n) is 8.60. The van der Waals surface area contributed by atoms with E-state index in [2.05, 4.69) is 16.9 Å². The third kappa shape index (κ3) is 2.51. The molecule has 0 N–H and O–H groups in total. The van der Waals surface area contributed by atoms with Gasteiger partial charge in [-0.15, -0.1) is 0 Å². The van der Waals surface area contributed by atoms with Gasteiger partial charge in [-0.3, -0.25) is 0 Å². The number of aromatic nitrogens is 2. The molecule has 0 unspecified atom stereocenters. The second-order valence-corrected chi connectivity index (χ2v) is 3.30. The van der Waals surface area contributed by atoms with Gasteiger partial charge in [-0.1, -0.05) is 30.3 Å². The van der Waals surface area contributed by atoms with Crippen LogP contribution >= 0.6 is 0 Å². The van der Waals surface area contributed by atoms with Crippen molar-refractivity contribution >= 4 is 6.08 Å². The standard InChI is InChI=1S/C13H10FN2/c1-10(14)7-11-8-15-13(16-9-11)12-5-3-2-4-6-12/h2-9H,1H2/b10-7+. The van der Waals surface area contributed by atoms with E-state index in [0.717, 1.165) is 5.56 Å². The van der Waals surface area contributed by atoms with Crippen LogP contribution in [0.2, 0.25) is 0 Å². The van der Waals surface area contributed by atoms with E-state index in [1.54, 1.807) is 12.4 Å². The number of halogens is 1. The van der Waals surface area contributed by atoms with Crippen molar-refractivity contribution < 1.29 is 4.39 Å². The Labute approximate surface area is 93.5 Å². The number of benzene rings is 1. The highest BCUT2D eigenvalue weighted by Gasteiger charge is 1.99. The van der Waals surface area contributed by atoms with Gasteiger partial charge in [0.05, 0.1) is 0 Å². The molecular formula is C13H10FN2. The third-order valence-electron chi connectivity index (χ3n) is 2.03. The van der Waals surface area contributed by atoms with Crippen molar-refractivity contribution in [3.63, 3.8) is 0 Å². The first-order valence-corrected chi connectivity index (χ1v) is 4.82. The molecule has 0 saturated carbocycles. The average molecular weight is 213 g/mol. The molecule has 0 aliphatic heterocycles. The number of nitrogens with zero attached hydrogens (tertiary/aromatic N) is 2. The van der Waals surface area contributed by atoms with Crippen LogP contribution in [0.5, 0.6) is 0 Å². The summed E-state index contributed by atoms with van der Waals surface area (Å²) >= 11 is 0. The topological polar surface area (TPSA) is 25.8 Å². The Balaban J connectivity index is 2.30. The molecule has 0 saturated heterocycles. The van der Waals surface area contributed by atoms with Crippen molar-refractivity contribution in [2.75, 3.05) is 0 Å². The van der Waals surface area contributed by atoms with Crippen molar-refractivity contribution in [1.29, 1.82) is 0 Å². The summed E-state index contributed by atoms with van der Waals surface area (Å²) in [5.74, 6) is 0.123. The van der Waals surface area contributed by atoms with E-state index < -0.39 is 5.83 Å². The van der Waals surface area contributed by atoms with Crippen molar-refractivity contribution in [2.45, 2.75) is 0 Å². The smallest absolute Gasteiger partial charge is 0.159 e. The summed E-state index contributed by atoms with van der Waals surface area (Å²) < 4.78 is 12.5. The summed E-state index contributed by atoms with van der Waals surface area (Å²) in [4.78, 5) is 8.30. The molecule has 0 bridgehead atoms. The van der Waals surface area contributed by atoms with Crippen LogP contribution in [-0.4, -0.2) is 9.97 Å². The average Bonchev–Trinajstić information content (AvgIpc) is 2.30. The van der Waals surface area contributed by atoms with Gasteiger partial charge >= 0.3 is 0 Å².